The van der Waals surface area contributed by atoms with Crippen LogP contribution in [0.5, 0.6) is 0 Å². The lowest BCUT2D eigenvalue weighted by Gasteiger charge is -2.29. The van der Waals surface area contributed by atoms with Crippen molar-refractivity contribution in [1.29, 1.82) is 0 Å². The van der Waals surface area contributed by atoms with Crippen molar-refractivity contribution < 1.29 is 9.90 Å². The van der Waals surface area contributed by atoms with Gasteiger partial charge in [0.25, 0.3) is 0 Å². The molecule has 0 saturated carbocycles. The van der Waals surface area contributed by atoms with Crippen molar-refractivity contribution in [1.82, 2.24) is 4.98 Å². The number of carbonyl (C=O) groups is 1. The Morgan fingerprint density at radius 2 is 1.95 bits per heavy atom. The number of aliphatic hydroxyl groups is 1. The van der Waals surface area contributed by atoms with Gasteiger partial charge < -0.3 is 5.11 Å². The van der Waals surface area contributed by atoms with Crippen molar-refractivity contribution >= 4 is 17.4 Å². The number of benzene rings is 1. The quantitative estimate of drug-likeness (QED) is 0.940. The molecule has 2 rings (SSSR count). The van der Waals surface area contributed by atoms with Crippen LogP contribution in [0.2, 0.25) is 5.02 Å². The molecule has 0 aliphatic rings. The zero-order valence-corrected chi connectivity index (χ0v) is 12.1. The highest BCUT2D eigenvalue weighted by Gasteiger charge is 2.41. The van der Waals surface area contributed by atoms with Crippen molar-refractivity contribution in [3.8, 4) is 0 Å². The van der Waals surface area contributed by atoms with Crippen LogP contribution in [0, 0.1) is 5.92 Å². The highest BCUT2D eigenvalue weighted by molar-refractivity contribution is 6.30. The summed E-state index contributed by atoms with van der Waals surface area (Å²) in [5, 5.41) is 11.5. The SMILES string of the molecule is CC(C)C(=O)C(O)(c1cccnc1)c1cccc(Cl)c1. The molecule has 0 radical (unpaired) electrons. The van der Waals surface area contributed by atoms with E-state index in [4.69, 9.17) is 11.6 Å². The summed E-state index contributed by atoms with van der Waals surface area (Å²) in [6.07, 6.45) is 3.10. The van der Waals surface area contributed by atoms with Gasteiger partial charge in [0, 0.05) is 28.9 Å². The molecule has 1 aromatic carbocycles. The Kier molecular flexibility index (Phi) is 4.21. The van der Waals surface area contributed by atoms with E-state index in [1.165, 1.54) is 6.20 Å². The first-order valence-electron chi connectivity index (χ1n) is 6.39. The van der Waals surface area contributed by atoms with Crippen LogP contribution in [0.1, 0.15) is 25.0 Å². The summed E-state index contributed by atoms with van der Waals surface area (Å²) in [6.45, 7) is 3.52. The van der Waals surface area contributed by atoms with Gasteiger partial charge in [-0.2, -0.15) is 0 Å². The van der Waals surface area contributed by atoms with Crippen LogP contribution in [-0.4, -0.2) is 15.9 Å². The van der Waals surface area contributed by atoms with Crippen LogP contribution < -0.4 is 0 Å². The lowest BCUT2D eigenvalue weighted by Crippen LogP contribution is -2.39. The minimum absolute atomic E-state index is 0.284. The van der Waals surface area contributed by atoms with E-state index >= 15 is 0 Å². The van der Waals surface area contributed by atoms with Gasteiger partial charge in [0.05, 0.1) is 0 Å². The summed E-state index contributed by atoms with van der Waals surface area (Å²) in [6, 6.07) is 10.1. The van der Waals surface area contributed by atoms with Crippen molar-refractivity contribution in [2.45, 2.75) is 19.4 Å². The van der Waals surface area contributed by atoms with E-state index < -0.39 is 5.60 Å². The van der Waals surface area contributed by atoms with Gasteiger partial charge in [-0.15, -0.1) is 0 Å². The Bertz CT molecular complexity index is 613. The van der Waals surface area contributed by atoms with E-state index in [0.717, 1.165) is 0 Å². The largest absolute Gasteiger partial charge is 0.373 e. The zero-order valence-electron chi connectivity index (χ0n) is 11.4. The third-order valence-electron chi connectivity index (χ3n) is 3.20. The van der Waals surface area contributed by atoms with Crippen LogP contribution in [0.3, 0.4) is 0 Å². The number of hydrogen-bond acceptors (Lipinski definition) is 3. The van der Waals surface area contributed by atoms with Gasteiger partial charge in [-0.05, 0) is 23.8 Å². The number of Topliss-reactive ketones (excluding diaryl/α,β-unsaturated/α-hetero) is 1. The van der Waals surface area contributed by atoms with Crippen molar-refractivity contribution in [2.24, 2.45) is 5.92 Å². The van der Waals surface area contributed by atoms with Crippen LogP contribution >= 0.6 is 11.6 Å². The molecule has 0 spiro atoms. The average Bonchev–Trinajstić information content (AvgIpc) is 2.46. The fourth-order valence-electron chi connectivity index (χ4n) is 2.16. The van der Waals surface area contributed by atoms with E-state index in [1.807, 2.05) is 0 Å². The number of halogens is 1. The zero-order chi connectivity index (χ0) is 14.8. The molecule has 0 aliphatic carbocycles. The molecule has 4 heteroatoms. The highest BCUT2D eigenvalue weighted by atomic mass is 35.5. The Morgan fingerprint density at radius 1 is 1.25 bits per heavy atom. The number of carbonyl (C=O) groups excluding carboxylic acids is 1. The van der Waals surface area contributed by atoms with Gasteiger partial charge >= 0.3 is 0 Å². The number of rotatable bonds is 4. The molecule has 0 saturated heterocycles. The summed E-state index contributed by atoms with van der Waals surface area (Å²) in [7, 11) is 0. The summed E-state index contributed by atoms with van der Waals surface area (Å²) < 4.78 is 0. The molecule has 0 aliphatic heterocycles. The maximum absolute atomic E-state index is 12.6. The number of ketones is 1. The summed E-state index contributed by atoms with van der Waals surface area (Å²) in [5.41, 5.74) is -0.828. The fourth-order valence-corrected chi connectivity index (χ4v) is 2.35. The maximum atomic E-state index is 12.6. The second-order valence-corrected chi connectivity index (χ2v) is 5.42. The molecule has 0 bridgehead atoms. The number of aromatic nitrogens is 1. The lowest BCUT2D eigenvalue weighted by molar-refractivity contribution is -0.137. The van der Waals surface area contributed by atoms with Crippen LogP contribution in [-0.2, 0) is 10.4 Å². The Balaban J connectivity index is 2.64. The molecule has 1 aromatic heterocycles. The molecule has 1 atom stereocenters. The first-order chi connectivity index (χ1) is 9.46. The third-order valence-corrected chi connectivity index (χ3v) is 3.44. The minimum Gasteiger partial charge on any atom is -0.373 e. The molecule has 20 heavy (non-hydrogen) atoms. The first-order valence-corrected chi connectivity index (χ1v) is 6.77. The lowest BCUT2D eigenvalue weighted by atomic mass is 9.79. The van der Waals surface area contributed by atoms with E-state index in [9.17, 15) is 9.90 Å². The smallest absolute Gasteiger partial charge is 0.176 e. The Morgan fingerprint density at radius 3 is 2.50 bits per heavy atom. The number of pyridine rings is 1. The number of nitrogens with zero attached hydrogens (tertiary/aromatic N) is 1. The van der Waals surface area contributed by atoms with Gasteiger partial charge in [0.2, 0.25) is 0 Å². The van der Waals surface area contributed by atoms with E-state index in [-0.39, 0.29) is 11.7 Å². The molecule has 0 fully saturated rings. The molecule has 1 heterocycles. The molecule has 1 unspecified atom stereocenters. The highest BCUT2D eigenvalue weighted by Crippen LogP contribution is 2.33. The van der Waals surface area contributed by atoms with Crippen molar-refractivity contribution in [3.05, 3.63) is 64.9 Å². The van der Waals surface area contributed by atoms with Gasteiger partial charge in [-0.25, -0.2) is 0 Å². The third kappa shape index (κ3) is 2.60. The van der Waals surface area contributed by atoms with Gasteiger partial charge in [0.1, 0.15) is 0 Å². The predicted molar refractivity (Wildman–Crippen MR) is 78.5 cm³/mol. The van der Waals surface area contributed by atoms with Gasteiger partial charge in [0.15, 0.2) is 11.4 Å². The van der Waals surface area contributed by atoms with Crippen LogP contribution in [0.25, 0.3) is 0 Å². The molecule has 3 nitrogen and oxygen atoms in total. The van der Waals surface area contributed by atoms with Gasteiger partial charge in [-0.3, -0.25) is 9.78 Å². The molecule has 1 N–H and O–H groups in total. The van der Waals surface area contributed by atoms with E-state index in [1.54, 1.807) is 56.4 Å². The standard InChI is InChI=1S/C16H16ClNO2/c1-11(2)15(19)16(20,13-6-4-8-18-10-13)12-5-3-7-14(17)9-12/h3-11,20H,1-2H3. The molecular formula is C16H16ClNO2. The van der Waals surface area contributed by atoms with Crippen LogP contribution in [0.15, 0.2) is 48.8 Å². The topological polar surface area (TPSA) is 50.2 Å². The Hall–Kier alpha value is -1.71. The minimum atomic E-state index is -1.73. The average molecular weight is 290 g/mol. The molecule has 0 amide bonds. The second kappa shape index (κ2) is 5.73. The van der Waals surface area contributed by atoms with Crippen molar-refractivity contribution in [3.63, 3.8) is 0 Å². The van der Waals surface area contributed by atoms with E-state index in [0.29, 0.717) is 16.1 Å². The second-order valence-electron chi connectivity index (χ2n) is 4.98. The van der Waals surface area contributed by atoms with Crippen LogP contribution in [0.4, 0.5) is 0 Å². The maximum Gasteiger partial charge on any atom is 0.176 e. The summed E-state index contributed by atoms with van der Waals surface area (Å²) >= 11 is 5.98. The molecule has 2 aromatic rings. The normalized spacial score (nSPS) is 14.1. The Labute approximate surface area is 123 Å². The monoisotopic (exact) mass is 289 g/mol. The van der Waals surface area contributed by atoms with E-state index in [2.05, 4.69) is 4.98 Å². The number of hydrogen-bond donors (Lipinski definition) is 1. The molecule has 104 valence electrons. The summed E-state index contributed by atoms with van der Waals surface area (Å²) in [5.74, 6) is -0.605. The summed E-state index contributed by atoms with van der Waals surface area (Å²) in [4.78, 5) is 16.6. The van der Waals surface area contributed by atoms with Gasteiger partial charge in [-0.1, -0.05) is 43.6 Å². The van der Waals surface area contributed by atoms with Crippen molar-refractivity contribution in [2.75, 3.05) is 0 Å². The fraction of sp³-hybridized carbons (Fsp3) is 0.250. The predicted octanol–water partition coefficient (Wildman–Crippen LogP) is 3.20. The first kappa shape index (κ1) is 14.7. The molecular weight excluding hydrogens is 274 g/mol.